The topological polar surface area (TPSA) is 26.0 Å². The van der Waals surface area contributed by atoms with E-state index in [0.29, 0.717) is 12.0 Å². The lowest BCUT2D eigenvalue weighted by atomic mass is 10.0. The molecule has 0 aliphatic heterocycles. The third-order valence-electron chi connectivity index (χ3n) is 1.78. The van der Waals surface area contributed by atoms with Gasteiger partial charge in [-0.2, -0.15) is 0 Å². The summed E-state index contributed by atoms with van der Waals surface area (Å²) in [6.45, 7) is 3.57. The SMILES string of the molecule is C=CCC(N)c1cc(I)ccc1F. The van der Waals surface area contributed by atoms with Crippen molar-refractivity contribution in [3.8, 4) is 0 Å². The van der Waals surface area contributed by atoms with E-state index in [1.54, 1.807) is 18.2 Å². The molecule has 0 amide bonds. The van der Waals surface area contributed by atoms with Gasteiger partial charge in [-0.25, -0.2) is 4.39 Å². The summed E-state index contributed by atoms with van der Waals surface area (Å²) in [6.07, 6.45) is 2.29. The van der Waals surface area contributed by atoms with Crippen LogP contribution in [0.1, 0.15) is 18.0 Å². The second-order valence-corrected chi connectivity index (χ2v) is 4.04. The van der Waals surface area contributed by atoms with E-state index in [0.717, 1.165) is 3.57 Å². The fourth-order valence-corrected chi connectivity index (χ4v) is 1.62. The van der Waals surface area contributed by atoms with E-state index in [2.05, 4.69) is 29.2 Å². The highest BCUT2D eigenvalue weighted by atomic mass is 127. The van der Waals surface area contributed by atoms with E-state index >= 15 is 0 Å². The van der Waals surface area contributed by atoms with Crippen molar-refractivity contribution in [1.29, 1.82) is 0 Å². The molecule has 70 valence electrons. The van der Waals surface area contributed by atoms with E-state index in [-0.39, 0.29) is 11.9 Å². The van der Waals surface area contributed by atoms with Gasteiger partial charge in [0.1, 0.15) is 5.82 Å². The third kappa shape index (κ3) is 2.77. The second-order valence-electron chi connectivity index (χ2n) is 2.80. The number of hydrogen-bond donors (Lipinski definition) is 1. The molecule has 0 fully saturated rings. The molecule has 0 radical (unpaired) electrons. The quantitative estimate of drug-likeness (QED) is 0.672. The van der Waals surface area contributed by atoms with Crippen LogP contribution in [0, 0.1) is 9.39 Å². The molecule has 0 aliphatic rings. The molecule has 0 aromatic heterocycles. The zero-order valence-corrected chi connectivity index (χ0v) is 9.29. The molecule has 1 rings (SSSR count). The molecule has 1 atom stereocenters. The number of hydrogen-bond acceptors (Lipinski definition) is 1. The van der Waals surface area contributed by atoms with Crippen molar-refractivity contribution in [3.63, 3.8) is 0 Å². The fraction of sp³-hybridized carbons (Fsp3) is 0.200. The highest BCUT2D eigenvalue weighted by Gasteiger charge is 2.09. The van der Waals surface area contributed by atoms with Gasteiger partial charge in [-0.1, -0.05) is 6.08 Å². The molecule has 1 aromatic carbocycles. The van der Waals surface area contributed by atoms with Crippen LogP contribution in [0.25, 0.3) is 0 Å². The maximum Gasteiger partial charge on any atom is 0.128 e. The standard InChI is InChI=1S/C10H11FIN/c1-2-3-10(13)8-6-7(12)4-5-9(8)11/h2,4-6,10H,1,3,13H2. The Kier molecular flexibility index (Phi) is 3.87. The second kappa shape index (κ2) is 4.72. The van der Waals surface area contributed by atoms with Crippen molar-refractivity contribution in [3.05, 3.63) is 45.8 Å². The molecule has 0 heterocycles. The Hall–Kier alpha value is -0.420. The Morgan fingerprint density at radius 3 is 2.92 bits per heavy atom. The monoisotopic (exact) mass is 291 g/mol. The Labute approximate surface area is 91.0 Å². The minimum absolute atomic E-state index is 0.241. The molecule has 0 aliphatic carbocycles. The molecule has 2 N–H and O–H groups in total. The van der Waals surface area contributed by atoms with Crippen LogP contribution in [0.5, 0.6) is 0 Å². The lowest BCUT2D eigenvalue weighted by molar-refractivity contribution is 0.583. The van der Waals surface area contributed by atoms with E-state index < -0.39 is 0 Å². The van der Waals surface area contributed by atoms with Crippen molar-refractivity contribution >= 4 is 22.6 Å². The van der Waals surface area contributed by atoms with Gasteiger partial charge in [0.25, 0.3) is 0 Å². The first-order valence-corrected chi connectivity index (χ1v) is 5.04. The average molecular weight is 291 g/mol. The highest BCUT2D eigenvalue weighted by Crippen LogP contribution is 2.20. The molecule has 1 aromatic rings. The number of benzene rings is 1. The van der Waals surface area contributed by atoms with Gasteiger partial charge < -0.3 is 5.73 Å². The summed E-state index contributed by atoms with van der Waals surface area (Å²) in [5, 5.41) is 0. The predicted octanol–water partition coefficient (Wildman–Crippen LogP) is 3.01. The van der Waals surface area contributed by atoms with Gasteiger partial charge in [0, 0.05) is 15.2 Å². The molecule has 0 spiro atoms. The molecule has 0 saturated heterocycles. The van der Waals surface area contributed by atoms with Gasteiger partial charge in [0.2, 0.25) is 0 Å². The van der Waals surface area contributed by atoms with E-state index in [4.69, 9.17) is 5.73 Å². The van der Waals surface area contributed by atoms with E-state index in [9.17, 15) is 4.39 Å². The Morgan fingerprint density at radius 1 is 1.62 bits per heavy atom. The summed E-state index contributed by atoms with van der Waals surface area (Å²) in [4.78, 5) is 0. The Balaban J connectivity index is 2.97. The van der Waals surface area contributed by atoms with Gasteiger partial charge in [0.05, 0.1) is 0 Å². The van der Waals surface area contributed by atoms with Crippen molar-refractivity contribution in [2.45, 2.75) is 12.5 Å². The molecular weight excluding hydrogens is 280 g/mol. The van der Waals surface area contributed by atoms with Crippen LogP contribution in [0.3, 0.4) is 0 Å². The summed E-state index contributed by atoms with van der Waals surface area (Å²) in [7, 11) is 0. The predicted molar refractivity (Wildman–Crippen MR) is 60.9 cm³/mol. The zero-order chi connectivity index (χ0) is 9.84. The Morgan fingerprint density at radius 2 is 2.31 bits per heavy atom. The summed E-state index contributed by atoms with van der Waals surface area (Å²) < 4.78 is 14.2. The zero-order valence-electron chi connectivity index (χ0n) is 7.13. The Bertz CT molecular complexity index is 312. The van der Waals surface area contributed by atoms with Crippen molar-refractivity contribution in [2.24, 2.45) is 5.73 Å². The lowest BCUT2D eigenvalue weighted by Crippen LogP contribution is -2.11. The van der Waals surface area contributed by atoms with Crippen LogP contribution in [0.2, 0.25) is 0 Å². The molecule has 0 bridgehead atoms. The number of nitrogens with two attached hydrogens (primary N) is 1. The van der Waals surface area contributed by atoms with E-state index in [1.807, 2.05) is 0 Å². The largest absolute Gasteiger partial charge is 0.324 e. The van der Waals surface area contributed by atoms with Gasteiger partial charge >= 0.3 is 0 Å². The van der Waals surface area contributed by atoms with Gasteiger partial charge in [-0.3, -0.25) is 0 Å². The molecule has 0 saturated carbocycles. The highest BCUT2D eigenvalue weighted by molar-refractivity contribution is 14.1. The minimum Gasteiger partial charge on any atom is -0.324 e. The number of halogens is 2. The first-order valence-electron chi connectivity index (χ1n) is 3.96. The fourth-order valence-electron chi connectivity index (χ4n) is 1.11. The summed E-state index contributed by atoms with van der Waals surface area (Å²) in [6, 6.07) is 4.65. The minimum atomic E-state index is -0.285. The summed E-state index contributed by atoms with van der Waals surface area (Å²) in [5.74, 6) is -0.241. The van der Waals surface area contributed by atoms with Crippen molar-refractivity contribution in [2.75, 3.05) is 0 Å². The van der Waals surface area contributed by atoms with Crippen LogP contribution in [0.4, 0.5) is 4.39 Å². The van der Waals surface area contributed by atoms with Crippen LogP contribution >= 0.6 is 22.6 Å². The van der Waals surface area contributed by atoms with Crippen LogP contribution in [-0.4, -0.2) is 0 Å². The maximum absolute atomic E-state index is 13.2. The maximum atomic E-state index is 13.2. The van der Waals surface area contributed by atoms with Gasteiger partial charge in [-0.15, -0.1) is 6.58 Å². The van der Waals surface area contributed by atoms with Gasteiger partial charge in [0.15, 0.2) is 0 Å². The van der Waals surface area contributed by atoms with Crippen LogP contribution in [-0.2, 0) is 0 Å². The average Bonchev–Trinajstić information content (AvgIpc) is 2.09. The summed E-state index contributed by atoms with van der Waals surface area (Å²) >= 11 is 2.14. The molecular formula is C10H11FIN. The molecule has 13 heavy (non-hydrogen) atoms. The van der Waals surface area contributed by atoms with Crippen LogP contribution < -0.4 is 5.73 Å². The molecule has 3 heteroatoms. The smallest absolute Gasteiger partial charge is 0.128 e. The van der Waals surface area contributed by atoms with E-state index in [1.165, 1.54) is 6.07 Å². The normalized spacial score (nSPS) is 12.5. The first-order chi connectivity index (χ1) is 6.15. The first kappa shape index (κ1) is 10.7. The van der Waals surface area contributed by atoms with Crippen molar-refractivity contribution < 1.29 is 4.39 Å². The van der Waals surface area contributed by atoms with Crippen LogP contribution in [0.15, 0.2) is 30.9 Å². The van der Waals surface area contributed by atoms with Crippen molar-refractivity contribution in [1.82, 2.24) is 0 Å². The number of rotatable bonds is 3. The molecule has 1 nitrogen and oxygen atoms in total. The molecule has 1 unspecified atom stereocenters. The third-order valence-corrected chi connectivity index (χ3v) is 2.45. The summed E-state index contributed by atoms with van der Waals surface area (Å²) in [5.41, 5.74) is 6.32. The lowest BCUT2D eigenvalue weighted by Gasteiger charge is -2.10. The van der Waals surface area contributed by atoms with Gasteiger partial charge in [-0.05, 0) is 47.2 Å².